The smallest absolute Gasteiger partial charge is 0.111 e. The van der Waals surface area contributed by atoms with Crippen LogP contribution >= 0.6 is 0 Å². The first-order chi connectivity index (χ1) is 13.9. The Hall–Kier alpha value is -2.36. The van der Waals surface area contributed by atoms with Crippen molar-refractivity contribution >= 4 is 22.7 Å². The van der Waals surface area contributed by atoms with Crippen LogP contribution in [0.5, 0.6) is 0 Å². The zero-order valence-electron chi connectivity index (χ0n) is 16.5. The number of para-hydroxylation sites is 1. The summed E-state index contributed by atoms with van der Waals surface area (Å²) in [5.74, 6) is 0. The van der Waals surface area contributed by atoms with Gasteiger partial charge in [0, 0.05) is 24.5 Å². The fourth-order valence-corrected chi connectivity index (χ4v) is 3.02. The van der Waals surface area contributed by atoms with Gasteiger partial charge in [-0.05, 0) is 36.8 Å². The maximum absolute atomic E-state index is 10.4. The molecule has 0 fully saturated rings. The molecule has 160 valence electrons. The van der Waals surface area contributed by atoms with Gasteiger partial charge in [0.2, 0.25) is 0 Å². The normalized spacial score (nSPS) is 15.4. The second kappa shape index (κ2) is 11.0. The van der Waals surface area contributed by atoms with Gasteiger partial charge in [0.1, 0.15) is 18.3 Å². The monoisotopic (exact) mass is 405 g/mol. The number of nitrogens with zero attached hydrogens (tertiary/aromatic N) is 1. The topological polar surface area (TPSA) is 142 Å². The zero-order chi connectivity index (χ0) is 21.4. The molecule has 2 aromatic carbocycles. The van der Waals surface area contributed by atoms with Crippen LogP contribution in [-0.4, -0.2) is 69.6 Å². The molecule has 0 amide bonds. The van der Waals surface area contributed by atoms with Crippen LogP contribution in [0.2, 0.25) is 0 Å². The first kappa shape index (κ1) is 22.9. The molecule has 29 heavy (non-hydrogen) atoms. The van der Waals surface area contributed by atoms with Crippen LogP contribution < -0.4 is 16.0 Å². The number of aliphatic hydroxyl groups excluding tert-OH is 5. The summed E-state index contributed by atoms with van der Waals surface area (Å²) in [7, 11) is 0. The van der Waals surface area contributed by atoms with Crippen LogP contribution in [0.25, 0.3) is 0 Å². The van der Waals surface area contributed by atoms with E-state index in [1.54, 1.807) is 6.07 Å². The zero-order valence-corrected chi connectivity index (χ0v) is 16.5. The molecule has 0 saturated heterocycles. The molecule has 8 N–H and O–H groups in total. The van der Waals surface area contributed by atoms with Gasteiger partial charge in [-0.15, -0.1) is 0 Å². The van der Waals surface area contributed by atoms with Crippen LogP contribution in [-0.2, 0) is 0 Å². The summed E-state index contributed by atoms with van der Waals surface area (Å²) in [6, 6.07) is 15.0. The van der Waals surface area contributed by atoms with E-state index in [9.17, 15) is 20.4 Å². The predicted octanol–water partition coefficient (Wildman–Crippen LogP) is 0.665. The lowest BCUT2D eigenvalue weighted by molar-refractivity contribution is -0.112. The number of anilines is 4. The Kier molecular flexibility index (Phi) is 8.69. The Bertz CT molecular complexity index is 746. The van der Waals surface area contributed by atoms with Crippen LogP contribution in [0.1, 0.15) is 13.3 Å². The van der Waals surface area contributed by atoms with Gasteiger partial charge in [-0.25, -0.2) is 0 Å². The summed E-state index contributed by atoms with van der Waals surface area (Å²) < 4.78 is 0. The third kappa shape index (κ3) is 6.31. The molecule has 0 spiro atoms. The maximum Gasteiger partial charge on any atom is 0.111 e. The summed E-state index contributed by atoms with van der Waals surface area (Å²) in [5, 5.41) is 52.0. The minimum absolute atomic E-state index is 0.0267. The molecule has 8 heteroatoms. The minimum atomic E-state index is -1.65. The van der Waals surface area contributed by atoms with Crippen LogP contribution in [0, 0.1) is 0 Å². The lowest BCUT2D eigenvalue weighted by Gasteiger charge is -2.32. The van der Waals surface area contributed by atoms with E-state index in [1.165, 1.54) is 0 Å². The van der Waals surface area contributed by atoms with Crippen molar-refractivity contribution < 1.29 is 25.5 Å². The van der Waals surface area contributed by atoms with E-state index >= 15 is 0 Å². The number of hydrogen-bond donors (Lipinski definition) is 7. The van der Waals surface area contributed by atoms with Gasteiger partial charge in [-0.3, -0.25) is 0 Å². The quantitative estimate of drug-likeness (QED) is 0.270. The fourth-order valence-electron chi connectivity index (χ4n) is 3.02. The van der Waals surface area contributed by atoms with E-state index in [0.29, 0.717) is 17.9 Å². The van der Waals surface area contributed by atoms with Crippen molar-refractivity contribution in [1.29, 1.82) is 0 Å². The highest BCUT2D eigenvalue weighted by Crippen LogP contribution is 2.29. The molecule has 4 atom stereocenters. The Morgan fingerprint density at radius 1 is 0.966 bits per heavy atom. The highest BCUT2D eigenvalue weighted by atomic mass is 16.4. The van der Waals surface area contributed by atoms with Crippen molar-refractivity contribution in [3.05, 3.63) is 48.5 Å². The molecule has 2 rings (SSSR count). The van der Waals surface area contributed by atoms with E-state index < -0.39 is 31.0 Å². The van der Waals surface area contributed by atoms with Gasteiger partial charge in [0.25, 0.3) is 0 Å². The molecular weight excluding hydrogens is 374 g/mol. The number of benzene rings is 2. The van der Waals surface area contributed by atoms with E-state index in [4.69, 9.17) is 10.8 Å². The fraction of sp³-hybridized carbons (Fsp3) is 0.429. The average molecular weight is 405 g/mol. The molecule has 0 saturated carbocycles. The SMILES string of the molecule is CCCN(CC(O)C(O)C(O)C(O)CO)c1ccc(N)c(Nc2ccccc2)c1. The first-order valence-corrected chi connectivity index (χ1v) is 9.67. The summed E-state index contributed by atoms with van der Waals surface area (Å²) >= 11 is 0. The van der Waals surface area contributed by atoms with Gasteiger partial charge >= 0.3 is 0 Å². The summed E-state index contributed by atoms with van der Waals surface area (Å²) in [6.07, 6.45) is -5.33. The van der Waals surface area contributed by atoms with Crippen molar-refractivity contribution in [1.82, 2.24) is 0 Å². The Morgan fingerprint density at radius 3 is 2.24 bits per heavy atom. The minimum Gasteiger partial charge on any atom is -0.397 e. The van der Waals surface area contributed by atoms with Crippen molar-refractivity contribution in [3.63, 3.8) is 0 Å². The molecule has 8 nitrogen and oxygen atoms in total. The van der Waals surface area contributed by atoms with Gasteiger partial charge in [-0.1, -0.05) is 25.1 Å². The van der Waals surface area contributed by atoms with Gasteiger partial charge in [-0.2, -0.15) is 0 Å². The summed E-state index contributed by atoms with van der Waals surface area (Å²) in [4.78, 5) is 1.86. The third-order valence-corrected chi connectivity index (χ3v) is 4.68. The van der Waals surface area contributed by atoms with Crippen molar-refractivity contribution in [2.24, 2.45) is 0 Å². The maximum atomic E-state index is 10.4. The molecule has 0 aromatic heterocycles. The Balaban J connectivity index is 2.18. The lowest BCUT2D eigenvalue weighted by Crippen LogP contribution is -2.50. The molecule has 4 unspecified atom stereocenters. The molecule has 0 aliphatic rings. The van der Waals surface area contributed by atoms with Crippen molar-refractivity contribution in [2.75, 3.05) is 35.6 Å². The van der Waals surface area contributed by atoms with Gasteiger partial charge in [0.15, 0.2) is 0 Å². The first-order valence-electron chi connectivity index (χ1n) is 9.67. The summed E-state index contributed by atoms with van der Waals surface area (Å²) in [6.45, 7) is 1.90. The highest BCUT2D eigenvalue weighted by Gasteiger charge is 2.31. The molecule has 0 aliphatic carbocycles. The average Bonchev–Trinajstić information content (AvgIpc) is 2.74. The van der Waals surface area contributed by atoms with Crippen LogP contribution in [0.4, 0.5) is 22.7 Å². The number of nitrogens with two attached hydrogens (primary N) is 1. The number of rotatable bonds is 11. The van der Waals surface area contributed by atoms with E-state index in [0.717, 1.165) is 17.8 Å². The molecule has 0 heterocycles. The van der Waals surface area contributed by atoms with E-state index in [2.05, 4.69) is 5.32 Å². The highest BCUT2D eigenvalue weighted by molar-refractivity contribution is 5.76. The second-order valence-electron chi connectivity index (χ2n) is 7.01. The molecule has 0 radical (unpaired) electrons. The van der Waals surface area contributed by atoms with E-state index in [1.807, 2.05) is 54.3 Å². The van der Waals surface area contributed by atoms with E-state index in [-0.39, 0.29) is 6.54 Å². The molecule has 0 aliphatic heterocycles. The molecule has 2 aromatic rings. The molecule has 0 bridgehead atoms. The number of hydrogen-bond acceptors (Lipinski definition) is 8. The van der Waals surface area contributed by atoms with Crippen LogP contribution in [0.3, 0.4) is 0 Å². The number of nitrogen functional groups attached to an aromatic ring is 1. The second-order valence-corrected chi connectivity index (χ2v) is 7.01. The number of aliphatic hydroxyl groups is 5. The van der Waals surface area contributed by atoms with Gasteiger partial charge < -0.3 is 41.5 Å². The summed E-state index contributed by atoms with van der Waals surface area (Å²) in [5.41, 5.74) is 9.03. The van der Waals surface area contributed by atoms with Crippen LogP contribution in [0.15, 0.2) is 48.5 Å². The van der Waals surface area contributed by atoms with Gasteiger partial charge in [0.05, 0.1) is 24.1 Å². The Morgan fingerprint density at radius 2 is 1.62 bits per heavy atom. The number of nitrogens with one attached hydrogen (secondary N) is 1. The van der Waals surface area contributed by atoms with Crippen molar-refractivity contribution in [3.8, 4) is 0 Å². The Labute approximate surface area is 170 Å². The largest absolute Gasteiger partial charge is 0.397 e. The lowest BCUT2D eigenvalue weighted by atomic mass is 10.0. The van der Waals surface area contributed by atoms with Crippen molar-refractivity contribution in [2.45, 2.75) is 37.8 Å². The third-order valence-electron chi connectivity index (χ3n) is 4.68. The standard InChI is InChI=1S/C21H31N3O5/c1-2-10-24(12-18(26)20(28)21(29)19(27)13-25)15-8-9-16(22)17(11-15)23-14-6-4-3-5-7-14/h3-9,11,18-21,23,25-29H,2,10,12-13,22H2,1H3. The molecular formula is C21H31N3O5. The predicted molar refractivity (Wildman–Crippen MR) is 114 cm³/mol.